The van der Waals surface area contributed by atoms with E-state index >= 15 is 0 Å². The number of nitrogens with zero attached hydrogens (tertiary/aromatic N) is 1. The number of methoxy groups -OCH3 is 2. The maximum Gasteiger partial charge on any atom is 0.290 e. The second-order valence-corrected chi connectivity index (χ2v) is 6.19. The molecule has 0 spiro atoms. The van der Waals surface area contributed by atoms with Gasteiger partial charge in [0.25, 0.3) is 5.92 Å². The van der Waals surface area contributed by atoms with Crippen LogP contribution in [0.1, 0.15) is 11.6 Å². The monoisotopic (exact) mass is 430 g/mol. The van der Waals surface area contributed by atoms with Crippen molar-refractivity contribution in [2.45, 2.75) is 12.0 Å². The van der Waals surface area contributed by atoms with E-state index < -0.39 is 18.6 Å². The van der Waals surface area contributed by atoms with Gasteiger partial charge in [-0.2, -0.15) is 0 Å². The molecule has 0 radical (unpaired) electrons. The number of ether oxygens (including phenoxy) is 2. The Morgan fingerprint density at radius 1 is 1.25 bits per heavy atom. The lowest BCUT2D eigenvalue weighted by atomic mass is 9.97. The maximum atomic E-state index is 14.5. The van der Waals surface area contributed by atoms with Crippen LogP contribution in [0.2, 0.25) is 0 Å². The molecule has 1 atom stereocenters. The fourth-order valence-corrected chi connectivity index (χ4v) is 3.30. The average molecular weight is 432 g/mol. The van der Waals surface area contributed by atoms with Gasteiger partial charge in [0.05, 0.1) is 18.7 Å². The quantitative estimate of drug-likeness (QED) is 0.725. The summed E-state index contributed by atoms with van der Waals surface area (Å²) >= 11 is 3.33. The predicted octanol–water partition coefficient (Wildman–Crippen LogP) is 2.46. The Bertz CT molecular complexity index is 546. The van der Waals surface area contributed by atoms with Crippen molar-refractivity contribution >= 4 is 28.3 Å². The topological polar surface area (TPSA) is 54.0 Å². The lowest BCUT2D eigenvalue weighted by molar-refractivity contribution is -0.119. The van der Waals surface area contributed by atoms with E-state index in [9.17, 15) is 13.9 Å². The minimum absolute atomic E-state index is 0. The molecule has 138 valence electrons. The molecule has 0 aliphatic carbocycles. The van der Waals surface area contributed by atoms with Gasteiger partial charge < -0.3 is 19.9 Å². The van der Waals surface area contributed by atoms with Crippen molar-refractivity contribution in [2.24, 2.45) is 0 Å². The molecule has 1 aromatic carbocycles. The Kier molecular flexibility index (Phi) is 8.14. The van der Waals surface area contributed by atoms with Crippen LogP contribution in [-0.4, -0.2) is 62.9 Å². The first-order valence-electron chi connectivity index (χ1n) is 7.29. The smallest absolute Gasteiger partial charge is 0.290 e. The first-order chi connectivity index (χ1) is 10.9. The summed E-state index contributed by atoms with van der Waals surface area (Å²) in [6, 6.07) is 1.86. The molecule has 24 heavy (non-hydrogen) atoms. The van der Waals surface area contributed by atoms with Crippen molar-refractivity contribution in [1.29, 1.82) is 0 Å². The molecule has 9 heteroatoms. The van der Waals surface area contributed by atoms with Crippen molar-refractivity contribution in [3.63, 3.8) is 0 Å². The SMILES string of the molecule is COc1cc([C@@H](N2CCNCC2)C(F)(F)CO)c(OC)cc1Br.Cl. The number of halogens is 4. The summed E-state index contributed by atoms with van der Waals surface area (Å²) in [6.45, 7) is 0.925. The van der Waals surface area contributed by atoms with Gasteiger partial charge in [0.1, 0.15) is 24.1 Å². The van der Waals surface area contributed by atoms with E-state index in [4.69, 9.17) is 9.47 Å². The first kappa shape index (κ1) is 21.4. The second kappa shape index (κ2) is 9.15. The van der Waals surface area contributed by atoms with Crippen LogP contribution in [0.5, 0.6) is 11.5 Å². The number of rotatable bonds is 6. The number of benzene rings is 1. The fourth-order valence-electron chi connectivity index (χ4n) is 2.82. The van der Waals surface area contributed by atoms with Gasteiger partial charge in [-0.15, -0.1) is 12.4 Å². The minimum atomic E-state index is -3.30. The fraction of sp³-hybridized carbons (Fsp3) is 0.600. The molecular weight excluding hydrogens is 410 g/mol. The van der Waals surface area contributed by atoms with Gasteiger partial charge in [0.15, 0.2) is 0 Å². The van der Waals surface area contributed by atoms with E-state index in [0.717, 1.165) is 0 Å². The van der Waals surface area contributed by atoms with Gasteiger partial charge in [-0.1, -0.05) is 0 Å². The highest BCUT2D eigenvalue weighted by Crippen LogP contribution is 2.44. The highest BCUT2D eigenvalue weighted by molar-refractivity contribution is 9.10. The highest BCUT2D eigenvalue weighted by atomic mass is 79.9. The molecule has 0 saturated carbocycles. The summed E-state index contributed by atoms with van der Waals surface area (Å²) in [6.07, 6.45) is 0. The van der Waals surface area contributed by atoms with Crippen molar-refractivity contribution < 1.29 is 23.4 Å². The number of aliphatic hydroxyl groups is 1. The van der Waals surface area contributed by atoms with Crippen LogP contribution in [0.15, 0.2) is 16.6 Å². The van der Waals surface area contributed by atoms with Crippen molar-refractivity contribution in [3.05, 3.63) is 22.2 Å². The van der Waals surface area contributed by atoms with Gasteiger partial charge in [-0.25, -0.2) is 8.78 Å². The molecule has 1 aliphatic heterocycles. The predicted molar refractivity (Wildman–Crippen MR) is 93.7 cm³/mol. The van der Waals surface area contributed by atoms with Gasteiger partial charge in [0.2, 0.25) is 0 Å². The Balaban J connectivity index is 0.00000288. The summed E-state index contributed by atoms with van der Waals surface area (Å²) in [5, 5.41) is 12.4. The molecule has 1 fully saturated rings. The molecule has 2 rings (SSSR count). The van der Waals surface area contributed by atoms with Crippen LogP contribution in [-0.2, 0) is 0 Å². The number of nitrogens with one attached hydrogen (secondary N) is 1. The van der Waals surface area contributed by atoms with Crippen LogP contribution in [0, 0.1) is 0 Å². The number of hydrogen-bond acceptors (Lipinski definition) is 5. The first-order valence-corrected chi connectivity index (χ1v) is 8.08. The van der Waals surface area contributed by atoms with Gasteiger partial charge in [-0.05, 0) is 28.1 Å². The maximum absolute atomic E-state index is 14.5. The highest BCUT2D eigenvalue weighted by Gasteiger charge is 2.45. The van der Waals surface area contributed by atoms with Crippen molar-refractivity contribution in [1.82, 2.24) is 10.2 Å². The summed E-state index contributed by atoms with van der Waals surface area (Å²) in [4.78, 5) is 1.66. The van der Waals surface area contributed by atoms with Crippen LogP contribution in [0.25, 0.3) is 0 Å². The van der Waals surface area contributed by atoms with E-state index in [1.165, 1.54) is 14.2 Å². The van der Waals surface area contributed by atoms with Crippen LogP contribution in [0.3, 0.4) is 0 Å². The number of hydrogen-bond donors (Lipinski definition) is 2. The number of alkyl halides is 2. The second-order valence-electron chi connectivity index (χ2n) is 5.34. The zero-order chi connectivity index (χ0) is 17.0. The van der Waals surface area contributed by atoms with Gasteiger partial charge in [-0.3, -0.25) is 4.90 Å². The molecule has 0 bridgehead atoms. The Labute approximate surface area is 154 Å². The lowest BCUT2D eigenvalue weighted by Gasteiger charge is -2.39. The number of piperazine rings is 1. The molecule has 0 amide bonds. The minimum Gasteiger partial charge on any atom is -0.496 e. The van der Waals surface area contributed by atoms with Crippen LogP contribution >= 0.6 is 28.3 Å². The third kappa shape index (κ3) is 4.49. The number of aliphatic hydroxyl groups excluding tert-OH is 1. The third-order valence-electron chi connectivity index (χ3n) is 3.93. The van der Waals surface area contributed by atoms with E-state index in [1.807, 2.05) is 0 Å². The zero-order valence-electron chi connectivity index (χ0n) is 13.5. The normalized spacial score (nSPS) is 17.1. The summed E-state index contributed by atoms with van der Waals surface area (Å²) < 4.78 is 40.2. The van der Waals surface area contributed by atoms with Crippen molar-refractivity contribution in [2.75, 3.05) is 47.0 Å². The van der Waals surface area contributed by atoms with E-state index in [2.05, 4.69) is 21.2 Å². The summed E-state index contributed by atoms with van der Waals surface area (Å²) in [5.74, 6) is -2.53. The Morgan fingerprint density at radius 3 is 2.33 bits per heavy atom. The summed E-state index contributed by atoms with van der Waals surface area (Å²) in [5.41, 5.74) is 0.300. The molecule has 0 unspecified atom stereocenters. The van der Waals surface area contributed by atoms with E-state index in [0.29, 0.717) is 47.7 Å². The average Bonchev–Trinajstić information content (AvgIpc) is 2.56. The largest absolute Gasteiger partial charge is 0.496 e. The zero-order valence-corrected chi connectivity index (χ0v) is 15.9. The molecule has 1 aliphatic rings. The van der Waals surface area contributed by atoms with E-state index in [1.54, 1.807) is 17.0 Å². The Morgan fingerprint density at radius 2 is 1.83 bits per heavy atom. The Hall–Kier alpha value is -0.670. The molecule has 2 N–H and O–H groups in total. The molecule has 5 nitrogen and oxygen atoms in total. The van der Waals surface area contributed by atoms with Gasteiger partial charge >= 0.3 is 0 Å². The van der Waals surface area contributed by atoms with Crippen LogP contribution < -0.4 is 14.8 Å². The van der Waals surface area contributed by atoms with E-state index in [-0.39, 0.29) is 12.4 Å². The van der Waals surface area contributed by atoms with Gasteiger partial charge in [0, 0.05) is 31.7 Å². The van der Waals surface area contributed by atoms with Crippen molar-refractivity contribution in [3.8, 4) is 11.5 Å². The third-order valence-corrected chi connectivity index (χ3v) is 4.55. The molecule has 1 aromatic rings. The summed E-state index contributed by atoms with van der Waals surface area (Å²) in [7, 11) is 2.91. The molecule has 1 saturated heterocycles. The lowest BCUT2D eigenvalue weighted by Crippen LogP contribution is -2.51. The molecule has 1 heterocycles. The standard InChI is InChI=1S/C15H21BrF2N2O3.ClH/c1-22-12-8-11(16)13(23-2)7-10(12)14(15(17,18)9-21)20-5-3-19-4-6-20;/h7-8,14,19,21H,3-6,9H2,1-2H3;1H/t14-;/m1./s1. The van der Waals surface area contributed by atoms with Crippen LogP contribution in [0.4, 0.5) is 8.78 Å². The molecule has 0 aromatic heterocycles. The molecular formula is C15H22BrClF2N2O3.